The number of nitrogens with two attached hydrogens (primary N) is 1. The molecule has 1 rings (SSSR count). The third-order valence-corrected chi connectivity index (χ3v) is 4.30. The first kappa shape index (κ1) is 15.4. The number of nitrogen functional groups attached to an aromatic ring is 1. The largest absolute Gasteiger partial charge is 0.396 e. The van der Waals surface area contributed by atoms with Crippen molar-refractivity contribution in [2.75, 3.05) is 32.1 Å². The summed E-state index contributed by atoms with van der Waals surface area (Å²) >= 11 is 0. The first-order chi connectivity index (χ1) is 8.74. The molecule has 8 heteroatoms. The van der Waals surface area contributed by atoms with Crippen molar-refractivity contribution in [2.45, 2.75) is 0 Å². The smallest absolute Gasteiger partial charge is 0.251 e. The van der Waals surface area contributed by atoms with Gasteiger partial charge in [-0.15, -0.1) is 0 Å². The van der Waals surface area contributed by atoms with E-state index in [2.05, 4.69) is 5.32 Å². The van der Waals surface area contributed by atoms with Gasteiger partial charge in [0.05, 0.1) is 11.4 Å². The Bertz CT molecular complexity index is 573. The van der Waals surface area contributed by atoms with Gasteiger partial charge in [-0.1, -0.05) is 0 Å². The first-order valence-electron chi connectivity index (χ1n) is 5.47. The number of carbonyl (C=O) groups is 1. The average molecular weight is 289 g/mol. The normalized spacial score (nSPS) is 11.6. The third-order valence-electron chi connectivity index (χ3n) is 2.46. The van der Waals surface area contributed by atoms with Gasteiger partial charge in [-0.05, 0) is 18.2 Å². The van der Waals surface area contributed by atoms with Gasteiger partial charge in [0.15, 0.2) is 0 Å². The van der Waals surface area contributed by atoms with E-state index in [1.807, 2.05) is 0 Å². The molecule has 0 aliphatic carbocycles. The highest BCUT2D eigenvalue weighted by Gasteiger charge is 2.14. The number of benzene rings is 1. The average Bonchev–Trinajstić information content (AvgIpc) is 2.32. The second-order valence-corrected chi connectivity index (χ2v) is 6.39. The minimum Gasteiger partial charge on any atom is -0.396 e. The van der Waals surface area contributed by atoms with Crippen molar-refractivity contribution < 1.29 is 17.6 Å². The summed E-state index contributed by atoms with van der Waals surface area (Å²) < 4.78 is 37.1. The predicted molar refractivity (Wildman–Crippen MR) is 70.6 cm³/mol. The Morgan fingerprint density at radius 2 is 2.05 bits per heavy atom. The van der Waals surface area contributed by atoms with Gasteiger partial charge in [0.25, 0.3) is 5.91 Å². The molecule has 0 aliphatic heterocycles. The van der Waals surface area contributed by atoms with Gasteiger partial charge < -0.3 is 11.1 Å². The van der Waals surface area contributed by atoms with Crippen LogP contribution in [0.5, 0.6) is 0 Å². The quantitative estimate of drug-likeness (QED) is 0.748. The van der Waals surface area contributed by atoms with E-state index < -0.39 is 21.7 Å². The van der Waals surface area contributed by atoms with E-state index in [1.165, 1.54) is 26.2 Å². The number of halogens is 1. The van der Waals surface area contributed by atoms with Crippen LogP contribution in [0.15, 0.2) is 18.2 Å². The Morgan fingerprint density at radius 3 is 2.58 bits per heavy atom. The molecule has 0 bridgehead atoms. The third kappa shape index (κ3) is 4.18. The van der Waals surface area contributed by atoms with Gasteiger partial charge in [0, 0.05) is 26.2 Å². The lowest BCUT2D eigenvalue weighted by molar-refractivity contribution is 0.0955. The fourth-order valence-electron chi connectivity index (χ4n) is 1.25. The van der Waals surface area contributed by atoms with Crippen LogP contribution < -0.4 is 11.1 Å². The molecule has 0 fully saturated rings. The Balaban J connectivity index is 2.59. The standard InChI is InChI=1S/C11H16FN3O3S/c1-15(2)19(17,18)6-5-14-11(16)8-3-4-10(13)9(12)7-8/h3-4,7H,5-6,13H2,1-2H3,(H,14,16). The highest BCUT2D eigenvalue weighted by atomic mass is 32.2. The van der Waals surface area contributed by atoms with Crippen molar-refractivity contribution in [1.82, 2.24) is 9.62 Å². The van der Waals surface area contributed by atoms with Crippen LogP contribution in [0.25, 0.3) is 0 Å². The summed E-state index contributed by atoms with van der Waals surface area (Å²) in [4.78, 5) is 11.6. The van der Waals surface area contributed by atoms with Crippen LogP contribution in [0.2, 0.25) is 0 Å². The molecule has 3 N–H and O–H groups in total. The van der Waals surface area contributed by atoms with Crippen LogP contribution in [-0.2, 0) is 10.0 Å². The lowest BCUT2D eigenvalue weighted by Crippen LogP contribution is -2.33. The molecule has 0 aliphatic rings. The number of amides is 1. The van der Waals surface area contributed by atoms with Gasteiger partial charge in [-0.25, -0.2) is 17.1 Å². The van der Waals surface area contributed by atoms with E-state index in [9.17, 15) is 17.6 Å². The summed E-state index contributed by atoms with van der Waals surface area (Å²) in [7, 11) is -0.548. The van der Waals surface area contributed by atoms with Crippen molar-refractivity contribution in [3.8, 4) is 0 Å². The fraction of sp³-hybridized carbons (Fsp3) is 0.364. The maximum Gasteiger partial charge on any atom is 0.251 e. The molecule has 6 nitrogen and oxygen atoms in total. The van der Waals surface area contributed by atoms with E-state index in [4.69, 9.17) is 5.73 Å². The number of rotatable bonds is 5. The molecule has 0 spiro atoms. The molecule has 1 aromatic rings. The number of nitrogens with one attached hydrogen (secondary N) is 1. The lowest BCUT2D eigenvalue weighted by atomic mass is 10.2. The number of carbonyl (C=O) groups excluding carboxylic acids is 1. The van der Waals surface area contributed by atoms with Crippen molar-refractivity contribution in [3.63, 3.8) is 0 Å². The zero-order valence-electron chi connectivity index (χ0n) is 10.7. The van der Waals surface area contributed by atoms with Crippen molar-refractivity contribution in [3.05, 3.63) is 29.6 Å². The molecule has 0 radical (unpaired) electrons. The van der Waals surface area contributed by atoms with Gasteiger partial charge in [-0.3, -0.25) is 4.79 Å². The highest BCUT2D eigenvalue weighted by molar-refractivity contribution is 7.89. The number of hydrogen-bond donors (Lipinski definition) is 2. The van der Waals surface area contributed by atoms with Crippen molar-refractivity contribution in [1.29, 1.82) is 0 Å². The number of anilines is 1. The Hall–Kier alpha value is -1.67. The molecule has 1 aromatic carbocycles. The Morgan fingerprint density at radius 1 is 1.42 bits per heavy atom. The van der Waals surface area contributed by atoms with Crippen LogP contribution in [-0.4, -0.2) is 45.0 Å². The predicted octanol–water partition coefficient (Wildman–Crippen LogP) is 0.0291. The van der Waals surface area contributed by atoms with Crippen LogP contribution in [0, 0.1) is 5.82 Å². The molecule has 0 aromatic heterocycles. The maximum absolute atomic E-state index is 13.1. The summed E-state index contributed by atoms with van der Waals surface area (Å²) in [6.45, 7) is -0.0503. The zero-order chi connectivity index (χ0) is 14.6. The van der Waals surface area contributed by atoms with Crippen LogP contribution in [0.4, 0.5) is 10.1 Å². The molecule has 0 saturated heterocycles. The van der Waals surface area contributed by atoms with E-state index >= 15 is 0 Å². The molecule has 19 heavy (non-hydrogen) atoms. The maximum atomic E-state index is 13.1. The second kappa shape index (κ2) is 5.98. The van der Waals surface area contributed by atoms with Crippen molar-refractivity contribution in [2.24, 2.45) is 0 Å². The second-order valence-electron chi connectivity index (χ2n) is 4.09. The molecular formula is C11H16FN3O3S. The summed E-state index contributed by atoms with van der Waals surface area (Å²) in [5.74, 6) is -1.45. The highest BCUT2D eigenvalue weighted by Crippen LogP contribution is 2.11. The Labute approximate surface area is 111 Å². The SMILES string of the molecule is CN(C)S(=O)(=O)CCNC(=O)c1ccc(N)c(F)c1. The topological polar surface area (TPSA) is 92.5 Å². The Kier molecular flexibility index (Phi) is 4.84. The molecular weight excluding hydrogens is 273 g/mol. The van der Waals surface area contributed by atoms with Gasteiger partial charge in [-0.2, -0.15) is 0 Å². The number of hydrogen-bond acceptors (Lipinski definition) is 4. The summed E-state index contributed by atoms with van der Waals surface area (Å²) in [6.07, 6.45) is 0. The molecule has 0 unspecified atom stereocenters. The summed E-state index contributed by atoms with van der Waals surface area (Å²) in [5, 5.41) is 2.40. The van der Waals surface area contributed by atoms with Gasteiger partial charge in [0.2, 0.25) is 10.0 Å². The molecule has 0 saturated carbocycles. The first-order valence-corrected chi connectivity index (χ1v) is 7.08. The minimum absolute atomic E-state index is 0.0493. The van der Waals surface area contributed by atoms with Crippen LogP contribution in [0.1, 0.15) is 10.4 Å². The van der Waals surface area contributed by atoms with Crippen LogP contribution >= 0.6 is 0 Å². The van der Waals surface area contributed by atoms with Crippen molar-refractivity contribution >= 4 is 21.6 Å². The summed E-state index contributed by atoms with van der Waals surface area (Å²) in [6, 6.07) is 3.65. The lowest BCUT2D eigenvalue weighted by Gasteiger charge is -2.11. The molecule has 1 amide bonds. The van der Waals surface area contributed by atoms with Gasteiger partial charge in [0.1, 0.15) is 5.82 Å². The monoisotopic (exact) mass is 289 g/mol. The number of sulfonamides is 1. The molecule has 0 heterocycles. The van der Waals surface area contributed by atoms with E-state index in [-0.39, 0.29) is 23.5 Å². The van der Waals surface area contributed by atoms with Gasteiger partial charge >= 0.3 is 0 Å². The van der Waals surface area contributed by atoms with E-state index in [1.54, 1.807) is 0 Å². The fourth-order valence-corrected chi connectivity index (χ4v) is 1.97. The number of nitrogens with zero attached hydrogens (tertiary/aromatic N) is 1. The summed E-state index contributed by atoms with van der Waals surface area (Å²) in [5.41, 5.74) is 5.33. The minimum atomic E-state index is -3.37. The van der Waals surface area contributed by atoms with E-state index in [0.29, 0.717) is 0 Å². The molecule has 0 atom stereocenters. The van der Waals surface area contributed by atoms with E-state index in [0.717, 1.165) is 10.4 Å². The zero-order valence-corrected chi connectivity index (χ0v) is 11.5. The molecule has 106 valence electrons. The van der Waals surface area contributed by atoms with Crippen LogP contribution in [0.3, 0.4) is 0 Å².